The first kappa shape index (κ1) is 14.3. The Hall–Kier alpha value is -2.12. The predicted molar refractivity (Wildman–Crippen MR) is 73.0 cm³/mol. The third-order valence-corrected chi connectivity index (χ3v) is 3.27. The molecule has 1 amide bonds. The average Bonchev–Trinajstić information content (AvgIpc) is 2.47. The van der Waals surface area contributed by atoms with E-state index in [1.54, 1.807) is 18.2 Å². The number of hydrogen-bond donors (Lipinski definition) is 1. The molecule has 0 aliphatic rings. The van der Waals surface area contributed by atoms with Crippen LogP contribution < -0.4 is 5.32 Å². The van der Waals surface area contributed by atoms with E-state index >= 15 is 0 Å². The largest absolute Gasteiger partial charge is 0.767 e. The molecule has 1 N–H and O–H groups in total. The molecule has 0 fully saturated rings. The zero-order valence-corrected chi connectivity index (χ0v) is 11.5. The Bertz CT molecular complexity index is 644. The van der Waals surface area contributed by atoms with Crippen molar-refractivity contribution in [3.8, 4) is 0 Å². The Morgan fingerprint density at radius 2 is 2.15 bits per heavy atom. The van der Waals surface area contributed by atoms with Crippen molar-refractivity contribution in [3.63, 3.8) is 0 Å². The molecular formula is C13H12N3O3S-. The van der Waals surface area contributed by atoms with Gasteiger partial charge in [-0.15, -0.1) is 0 Å². The first-order valence-corrected chi connectivity index (χ1v) is 7.00. The minimum absolute atomic E-state index is 0.144. The van der Waals surface area contributed by atoms with E-state index in [0.29, 0.717) is 5.56 Å². The smallest absolute Gasteiger partial charge is 0.257 e. The molecule has 0 aliphatic heterocycles. The van der Waals surface area contributed by atoms with Gasteiger partial charge in [0, 0.05) is 18.1 Å². The Kier molecular flexibility index (Phi) is 4.54. The number of carbonyl (C=O) groups excluding carboxylic acids is 1. The van der Waals surface area contributed by atoms with Crippen LogP contribution in [0.4, 0.5) is 5.69 Å². The lowest BCUT2D eigenvalue weighted by Gasteiger charge is -2.11. The van der Waals surface area contributed by atoms with E-state index in [2.05, 4.69) is 15.3 Å². The normalized spacial score (nSPS) is 11.9. The van der Waals surface area contributed by atoms with Crippen LogP contribution in [-0.4, -0.2) is 24.6 Å². The third-order valence-electron chi connectivity index (χ3n) is 2.63. The highest BCUT2D eigenvalue weighted by atomic mass is 32.2. The number of nitrogens with zero attached hydrogens (tertiary/aromatic N) is 2. The van der Waals surface area contributed by atoms with E-state index in [4.69, 9.17) is 0 Å². The molecule has 7 heteroatoms. The standard InChI is InChI=1S/C13H13N3O3S/c1-2-10-6-5-9(8-15-10)12(17)16-11-4-3-7-14-13(11)20(18)19/h3-8H,2H2,1H3,(H,16,17)(H,18,19)/p-1. The van der Waals surface area contributed by atoms with Crippen LogP contribution in [0.5, 0.6) is 0 Å². The number of carbonyl (C=O) groups is 1. The van der Waals surface area contributed by atoms with Crippen molar-refractivity contribution in [2.24, 2.45) is 0 Å². The Labute approximate surface area is 118 Å². The van der Waals surface area contributed by atoms with Gasteiger partial charge in [0.15, 0.2) is 0 Å². The second-order valence-electron chi connectivity index (χ2n) is 3.94. The zero-order chi connectivity index (χ0) is 14.5. The molecule has 0 aliphatic carbocycles. The molecule has 0 spiro atoms. The van der Waals surface area contributed by atoms with E-state index < -0.39 is 17.0 Å². The second-order valence-corrected chi connectivity index (χ2v) is 4.79. The minimum Gasteiger partial charge on any atom is -0.767 e. The van der Waals surface area contributed by atoms with E-state index in [9.17, 15) is 13.6 Å². The monoisotopic (exact) mass is 290 g/mol. The van der Waals surface area contributed by atoms with Crippen LogP contribution in [0, 0.1) is 0 Å². The number of pyridine rings is 2. The molecule has 1 unspecified atom stereocenters. The Morgan fingerprint density at radius 1 is 1.35 bits per heavy atom. The summed E-state index contributed by atoms with van der Waals surface area (Å²) in [6.45, 7) is 1.97. The van der Waals surface area contributed by atoms with Gasteiger partial charge in [0.25, 0.3) is 5.91 Å². The highest BCUT2D eigenvalue weighted by Crippen LogP contribution is 2.16. The summed E-state index contributed by atoms with van der Waals surface area (Å²) in [5, 5.41) is 2.32. The fraction of sp³-hybridized carbons (Fsp3) is 0.154. The lowest BCUT2D eigenvalue weighted by molar-refractivity contribution is 0.102. The number of aryl methyl sites for hydroxylation is 1. The summed E-state index contributed by atoms with van der Waals surface area (Å²) in [5.74, 6) is -0.431. The number of amides is 1. The van der Waals surface area contributed by atoms with Crippen LogP contribution in [-0.2, 0) is 17.5 Å². The predicted octanol–water partition coefficient (Wildman–Crippen LogP) is 1.53. The summed E-state index contributed by atoms with van der Waals surface area (Å²) in [7, 11) is 0. The number of anilines is 1. The van der Waals surface area contributed by atoms with Gasteiger partial charge in [0.1, 0.15) is 5.03 Å². The number of aromatic nitrogens is 2. The van der Waals surface area contributed by atoms with Gasteiger partial charge >= 0.3 is 0 Å². The first-order chi connectivity index (χ1) is 9.61. The minimum atomic E-state index is -2.51. The maximum Gasteiger partial charge on any atom is 0.257 e. The van der Waals surface area contributed by atoms with Crippen LogP contribution in [0.2, 0.25) is 0 Å². The third kappa shape index (κ3) is 3.25. The van der Waals surface area contributed by atoms with Crippen LogP contribution in [0.15, 0.2) is 41.7 Å². The van der Waals surface area contributed by atoms with Gasteiger partial charge in [-0.2, -0.15) is 0 Å². The molecule has 104 valence electrons. The molecule has 2 rings (SSSR count). The van der Waals surface area contributed by atoms with Gasteiger partial charge < -0.3 is 9.87 Å². The molecule has 0 aromatic carbocycles. The molecular weight excluding hydrogens is 278 g/mol. The summed E-state index contributed by atoms with van der Waals surface area (Å²) in [4.78, 5) is 19.8. The van der Waals surface area contributed by atoms with Crippen molar-refractivity contribution in [1.29, 1.82) is 0 Å². The highest BCUT2D eigenvalue weighted by molar-refractivity contribution is 7.79. The Morgan fingerprint density at radius 3 is 2.75 bits per heavy atom. The maximum atomic E-state index is 12.0. The van der Waals surface area contributed by atoms with E-state index in [1.165, 1.54) is 18.5 Å². The summed E-state index contributed by atoms with van der Waals surface area (Å²) in [5.41, 5.74) is 1.38. The van der Waals surface area contributed by atoms with Crippen LogP contribution in [0.3, 0.4) is 0 Å². The summed E-state index contributed by atoms with van der Waals surface area (Å²) in [6, 6.07) is 6.42. The second kappa shape index (κ2) is 6.36. The van der Waals surface area contributed by atoms with Crippen molar-refractivity contribution >= 4 is 22.7 Å². The van der Waals surface area contributed by atoms with Crippen molar-refractivity contribution in [2.45, 2.75) is 18.4 Å². The van der Waals surface area contributed by atoms with Gasteiger partial charge in [-0.3, -0.25) is 14.0 Å². The van der Waals surface area contributed by atoms with Crippen LogP contribution >= 0.6 is 0 Å². The lowest BCUT2D eigenvalue weighted by atomic mass is 10.2. The summed E-state index contributed by atoms with van der Waals surface area (Å²) in [6.07, 6.45) is 3.58. The van der Waals surface area contributed by atoms with Gasteiger partial charge in [-0.25, -0.2) is 4.98 Å². The number of rotatable bonds is 4. The quantitative estimate of drug-likeness (QED) is 0.861. The summed E-state index contributed by atoms with van der Waals surface area (Å²) < 4.78 is 22.0. The lowest BCUT2D eigenvalue weighted by Crippen LogP contribution is -2.14. The number of nitrogens with one attached hydrogen (secondary N) is 1. The maximum absolute atomic E-state index is 12.0. The molecule has 0 bridgehead atoms. The van der Waals surface area contributed by atoms with Crippen molar-refractivity contribution < 1.29 is 13.6 Å². The molecule has 2 aromatic heterocycles. The van der Waals surface area contributed by atoms with Gasteiger partial charge in [-0.1, -0.05) is 6.92 Å². The van der Waals surface area contributed by atoms with Crippen LogP contribution in [0.1, 0.15) is 23.0 Å². The van der Waals surface area contributed by atoms with Crippen molar-refractivity contribution in [1.82, 2.24) is 9.97 Å². The van der Waals surface area contributed by atoms with Gasteiger partial charge in [-0.05, 0) is 41.8 Å². The highest BCUT2D eigenvalue weighted by Gasteiger charge is 2.10. The topological polar surface area (TPSA) is 95.0 Å². The Balaban J connectivity index is 2.21. The molecule has 6 nitrogen and oxygen atoms in total. The molecule has 2 heterocycles. The van der Waals surface area contributed by atoms with E-state index in [0.717, 1.165) is 12.1 Å². The molecule has 0 radical (unpaired) electrons. The fourth-order valence-electron chi connectivity index (χ4n) is 1.58. The van der Waals surface area contributed by atoms with Crippen LogP contribution in [0.25, 0.3) is 0 Å². The van der Waals surface area contributed by atoms with Gasteiger partial charge in [0.2, 0.25) is 0 Å². The first-order valence-electron chi connectivity index (χ1n) is 5.92. The van der Waals surface area contributed by atoms with Gasteiger partial charge in [0.05, 0.1) is 11.3 Å². The molecule has 0 saturated carbocycles. The molecule has 1 atom stereocenters. The average molecular weight is 290 g/mol. The SMILES string of the molecule is CCc1ccc(C(=O)Nc2cccnc2S(=O)[O-])cn1. The molecule has 20 heavy (non-hydrogen) atoms. The van der Waals surface area contributed by atoms with Crippen molar-refractivity contribution in [3.05, 3.63) is 47.9 Å². The zero-order valence-electron chi connectivity index (χ0n) is 10.7. The fourth-order valence-corrected chi connectivity index (χ4v) is 2.03. The van der Waals surface area contributed by atoms with E-state index in [1.807, 2.05) is 6.92 Å². The van der Waals surface area contributed by atoms with E-state index in [-0.39, 0.29) is 10.7 Å². The van der Waals surface area contributed by atoms with Crippen molar-refractivity contribution in [2.75, 3.05) is 5.32 Å². The summed E-state index contributed by atoms with van der Waals surface area (Å²) >= 11 is -2.51. The molecule has 2 aromatic rings. The number of hydrogen-bond acceptors (Lipinski definition) is 5. The molecule has 0 saturated heterocycles.